The van der Waals surface area contributed by atoms with Crippen molar-refractivity contribution in [3.63, 3.8) is 0 Å². The molecule has 2 heterocycles. The van der Waals surface area contributed by atoms with Gasteiger partial charge in [-0.3, -0.25) is 9.59 Å². The minimum atomic E-state index is -0.538. The SMILES string of the molecule is O=C(NCc1ccccc1-n1cccn1)C1CCCN1C(=O)c1cc(Cl)ccc1Cl. The smallest absolute Gasteiger partial charge is 0.256 e. The molecular weight excluding hydrogens is 423 g/mol. The molecule has 3 aromatic rings. The molecule has 1 atom stereocenters. The van der Waals surface area contributed by atoms with Crippen molar-refractivity contribution >= 4 is 35.0 Å². The van der Waals surface area contributed by atoms with Gasteiger partial charge in [0.05, 0.1) is 16.3 Å². The molecule has 0 bridgehead atoms. The van der Waals surface area contributed by atoms with Crippen molar-refractivity contribution in [1.29, 1.82) is 0 Å². The van der Waals surface area contributed by atoms with E-state index in [1.54, 1.807) is 34.0 Å². The molecule has 1 aliphatic heterocycles. The van der Waals surface area contributed by atoms with Gasteiger partial charge in [0.15, 0.2) is 0 Å². The number of nitrogens with zero attached hydrogens (tertiary/aromatic N) is 3. The molecule has 2 amide bonds. The van der Waals surface area contributed by atoms with Gasteiger partial charge in [-0.25, -0.2) is 4.68 Å². The Morgan fingerprint density at radius 2 is 1.97 bits per heavy atom. The van der Waals surface area contributed by atoms with Crippen molar-refractivity contribution in [1.82, 2.24) is 20.0 Å². The monoisotopic (exact) mass is 442 g/mol. The van der Waals surface area contributed by atoms with Gasteiger partial charge in [0.25, 0.3) is 5.91 Å². The number of para-hydroxylation sites is 1. The third-order valence-corrected chi connectivity index (χ3v) is 5.74. The summed E-state index contributed by atoms with van der Waals surface area (Å²) >= 11 is 12.2. The number of hydrogen-bond donors (Lipinski definition) is 1. The molecule has 1 saturated heterocycles. The average Bonchev–Trinajstić information content (AvgIpc) is 3.45. The molecule has 0 spiro atoms. The molecule has 0 radical (unpaired) electrons. The first-order chi connectivity index (χ1) is 14.5. The molecule has 1 aromatic heterocycles. The lowest BCUT2D eigenvalue weighted by molar-refractivity contribution is -0.125. The van der Waals surface area contributed by atoms with Crippen LogP contribution in [0, 0.1) is 0 Å². The zero-order valence-corrected chi connectivity index (χ0v) is 17.6. The Morgan fingerprint density at radius 1 is 1.13 bits per heavy atom. The topological polar surface area (TPSA) is 67.2 Å². The zero-order chi connectivity index (χ0) is 21.1. The molecule has 0 saturated carbocycles. The van der Waals surface area contributed by atoms with Crippen LogP contribution in [-0.4, -0.2) is 39.1 Å². The molecule has 0 aliphatic carbocycles. The van der Waals surface area contributed by atoms with Gasteiger partial charge in [-0.1, -0.05) is 41.4 Å². The van der Waals surface area contributed by atoms with E-state index in [9.17, 15) is 9.59 Å². The standard InChI is InChI=1S/C22H20Cl2N4O2/c23-16-8-9-18(24)17(13-16)22(30)27-11-3-7-20(27)21(29)25-14-15-5-1-2-6-19(15)28-12-4-10-26-28/h1-2,4-6,8-10,12-13,20H,3,7,11,14H2,(H,25,29). The summed E-state index contributed by atoms with van der Waals surface area (Å²) in [5, 5.41) is 7.99. The highest BCUT2D eigenvalue weighted by atomic mass is 35.5. The zero-order valence-electron chi connectivity index (χ0n) is 16.1. The van der Waals surface area contributed by atoms with Crippen molar-refractivity contribution in [3.8, 4) is 5.69 Å². The van der Waals surface area contributed by atoms with Gasteiger partial charge in [-0.05, 0) is 48.7 Å². The molecule has 1 unspecified atom stereocenters. The number of likely N-dealkylation sites (tertiary alicyclic amines) is 1. The van der Waals surface area contributed by atoms with E-state index in [0.29, 0.717) is 35.1 Å². The lowest BCUT2D eigenvalue weighted by Gasteiger charge is -2.24. The Bertz CT molecular complexity index is 1070. The molecule has 2 aromatic carbocycles. The normalized spacial score (nSPS) is 15.9. The summed E-state index contributed by atoms with van der Waals surface area (Å²) in [6.45, 7) is 0.842. The van der Waals surface area contributed by atoms with Crippen LogP contribution in [0.5, 0.6) is 0 Å². The first-order valence-corrected chi connectivity index (χ1v) is 10.4. The fraction of sp³-hybridized carbons (Fsp3) is 0.227. The summed E-state index contributed by atoms with van der Waals surface area (Å²) in [5.41, 5.74) is 2.14. The van der Waals surface area contributed by atoms with Crippen LogP contribution in [0.4, 0.5) is 0 Å². The number of halogens is 2. The molecule has 30 heavy (non-hydrogen) atoms. The minimum absolute atomic E-state index is 0.186. The second-order valence-corrected chi connectivity index (χ2v) is 7.92. The molecule has 1 aliphatic rings. The Balaban J connectivity index is 1.47. The lowest BCUT2D eigenvalue weighted by atomic mass is 10.1. The van der Waals surface area contributed by atoms with E-state index in [2.05, 4.69) is 10.4 Å². The first kappa shape index (κ1) is 20.4. The van der Waals surface area contributed by atoms with Crippen LogP contribution in [0.2, 0.25) is 10.0 Å². The fourth-order valence-corrected chi connectivity index (χ4v) is 4.06. The van der Waals surface area contributed by atoms with E-state index in [0.717, 1.165) is 17.7 Å². The van der Waals surface area contributed by atoms with Gasteiger partial charge in [-0.15, -0.1) is 0 Å². The predicted molar refractivity (Wildman–Crippen MR) is 116 cm³/mol. The summed E-state index contributed by atoms with van der Waals surface area (Å²) in [5.74, 6) is -0.466. The van der Waals surface area contributed by atoms with Gasteiger partial charge >= 0.3 is 0 Å². The van der Waals surface area contributed by atoms with Gasteiger partial charge in [0, 0.05) is 30.5 Å². The summed E-state index contributed by atoms with van der Waals surface area (Å²) < 4.78 is 1.76. The van der Waals surface area contributed by atoms with Gasteiger partial charge in [-0.2, -0.15) is 5.10 Å². The average molecular weight is 443 g/mol. The van der Waals surface area contributed by atoms with Gasteiger partial charge in [0.1, 0.15) is 6.04 Å². The molecular formula is C22H20Cl2N4O2. The minimum Gasteiger partial charge on any atom is -0.350 e. The highest BCUT2D eigenvalue weighted by Gasteiger charge is 2.35. The number of hydrogen-bond acceptors (Lipinski definition) is 3. The second-order valence-electron chi connectivity index (χ2n) is 7.08. The fourth-order valence-electron chi connectivity index (χ4n) is 3.69. The van der Waals surface area contributed by atoms with Gasteiger partial charge < -0.3 is 10.2 Å². The highest BCUT2D eigenvalue weighted by Crippen LogP contribution is 2.26. The Labute approximate surface area is 184 Å². The third kappa shape index (κ3) is 4.20. The molecule has 8 heteroatoms. The molecule has 4 rings (SSSR count). The maximum atomic E-state index is 13.0. The second kappa shape index (κ2) is 8.90. The maximum absolute atomic E-state index is 13.0. The van der Waals surface area contributed by atoms with Crippen LogP contribution in [0.1, 0.15) is 28.8 Å². The van der Waals surface area contributed by atoms with E-state index < -0.39 is 6.04 Å². The predicted octanol–water partition coefficient (Wildman–Crippen LogP) is 4.10. The Morgan fingerprint density at radius 3 is 2.77 bits per heavy atom. The quantitative estimate of drug-likeness (QED) is 0.646. The third-order valence-electron chi connectivity index (χ3n) is 5.17. The number of amides is 2. The van der Waals surface area contributed by atoms with E-state index in [4.69, 9.17) is 23.2 Å². The Kier molecular flexibility index (Phi) is 6.06. The van der Waals surface area contributed by atoms with E-state index >= 15 is 0 Å². The van der Waals surface area contributed by atoms with Crippen molar-refractivity contribution in [2.75, 3.05) is 6.54 Å². The summed E-state index contributed by atoms with van der Waals surface area (Å²) in [6.07, 6.45) is 4.92. The molecule has 6 nitrogen and oxygen atoms in total. The van der Waals surface area contributed by atoms with Gasteiger partial charge in [0.2, 0.25) is 5.91 Å². The number of carbonyl (C=O) groups is 2. The number of rotatable bonds is 5. The first-order valence-electron chi connectivity index (χ1n) is 9.66. The van der Waals surface area contributed by atoms with E-state index in [-0.39, 0.29) is 11.8 Å². The Hall–Kier alpha value is -2.83. The van der Waals surface area contributed by atoms with Crippen molar-refractivity contribution in [3.05, 3.63) is 82.1 Å². The number of benzene rings is 2. The summed E-state index contributed by atoms with van der Waals surface area (Å²) in [4.78, 5) is 27.5. The lowest BCUT2D eigenvalue weighted by Crippen LogP contribution is -2.45. The van der Waals surface area contributed by atoms with Crippen molar-refractivity contribution in [2.24, 2.45) is 0 Å². The van der Waals surface area contributed by atoms with Crippen LogP contribution < -0.4 is 5.32 Å². The van der Waals surface area contributed by atoms with Crippen LogP contribution >= 0.6 is 23.2 Å². The maximum Gasteiger partial charge on any atom is 0.256 e. The molecule has 1 fully saturated rings. The van der Waals surface area contributed by atoms with Crippen LogP contribution in [0.3, 0.4) is 0 Å². The van der Waals surface area contributed by atoms with E-state index in [1.165, 1.54) is 0 Å². The van der Waals surface area contributed by atoms with E-state index in [1.807, 2.05) is 36.5 Å². The highest BCUT2D eigenvalue weighted by molar-refractivity contribution is 6.35. The molecule has 154 valence electrons. The molecule has 1 N–H and O–H groups in total. The van der Waals surface area contributed by atoms with Crippen LogP contribution in [0.15, 0.2) is 60.9 Å². The number of nitrogens with one attached hydrogen (secondary N) is 1. The summed E-state index contributed by atoms with van der Waals surface area (Å²) in [7, 11) is 0. The largest absolute Gasteiger partial charge is 0.350 e. The van der Waals surface area contributed by atoms with Crippen molar-refractivity contribution < 1.29 is 9.59 Å². The van der Waals surface area contributed by atoms with Crippen molar-refractivity contribution in [2.45, 2.75) is 25.4 Å². The number of carbonyl (C=O) groups excluding carboxylic acids is 2. The summed E-state index contributed by atoms with van der Waals surface area (Å²) in [6, 6.07) is 13.8. The van der Waals surface area contributed by atoms with Crippen LogP contribution in [0.25, 0.3) is 5.69 Å². The number of aromatic nitrogens is 2. The van der Waals surface area contributed by atoms with Crippen LogP contribution in [-0.2, 0) is 11.3 Å².